The van der Waals surface area contributed by atoms with Crippen LogP contribution in [0.25, 0.3) is 11.1 Å². The Bertz CT molecular complexity index is 1520. The number of hydrogen-bond acceptors (Lipinski definition) is 3. The van der Waals surface area contributed by atoms with Crippen LogP contribution in [-0.2, 0) is 23.6 Å². The lowest BCUT2D eigenvalue weighted by Gasteiger charge is -2.24. The summed E-state index contributed by atoms with van der Waals surface area (Å²) in [6, 6.07) is 5.93. The van der Waals surface area contributed by atoms with Crippen LogP contribution in [0.4, 0.5) is 44.3 Å². The Morgan fingerprint density at radius 3 is 2.12 bits per heavy atom. The molecule has 1 aliphatic heterocycles. The number of amides is 1. The standard InChI is InChI=1S/C30H26F9NO3/c1-14(2)22-11-23(25(42-4)12-24(22)31)21-6-5-19(29(34,35)36)10-18(21)13-40-15(3)26(43-28(40)41)16-7-17(27(32)33)9-20(8-16)30(37,38)39/h5-12,14-15,26-27H,13H2,1-4H3/t15-,26-/m0/s1. The molecule has 1 saturated heterocycles. The van der Waals surface area contributed by atoms with Gasteiger partial charge in [-0.25, -0.2) is 18.0 Å². The summed E-state index contributed by atoms with van der Waals surface area (Å²) in [6.45, 7) is 4.31. The summed E-state index contributed by atoms with van der Waals surface area (Å²) in [6.07, 6.45) is -15.5. The number of carbonyl (C=O) groups excluding carboxylic acids is 1. The van der Waals surface area contributed by atoms with Gasteiger partial charge in [0.25, 0.3) is 6.43 Å². The minimum Gasteiger partial charge on any atom is -0.496 e. The molecule has 0 radical (unpaired) electrons. The fourth-order valence-corrected chi connectivity index (χ4v) is 5.03. The molecule has 4 nitrogen and oxygen atoms in total. The van der Waals surface area contributed by atoms with Gasteiger partial charge in [0.1, 0.15) is 17.7 Å². The first-order chi connectivity index (χ1) is 19.9. The lowest BCUT2D eigenvalue weighted by atomic mass is 9.91. The summed E-state index contributed by atoms with van der Waals surface area (Å²) in [5.74, 6) is -0.878. The summed E-state index contributed by atoms with van der Waals surface area (Å²) >= 11 is 0. The van der Waals surface area contributed by atoms with Gasteiger partial charge in [-0.1, -0.05) is 19.9 Å². The van der Waals surface area contributed by atoms with Crippen LogP contribution in [0, 0.1) is 5.82 Å². The van der Waals surface area contributed by atoms with E-state index >= 15 is 0 Å². The topological polar surface area (TPSA) is 38.8 Å². The minimum absolute atomic E-state index is 0.0151. The van der Waals surface area contributed by atoms with Crippen molar-refractivity contribution in [3.63, 3.8) is 0 Å². The van der Waals surface area contributed by atoms with Gasteiger partial charge in [-0.15, -0.1) is 0 Å². The molecular weight excluding hydrogens is 593 g/mol. The zero-order valence-electron chi connectivity index (χ0n) is 23.2. The molecule has 1 aliphatic rings. The average molecular weight is 620 g/mol. The van der Waals surface area contributed by atoms with Crippen LogP contribution < -0.4 is 4.74 Å². The van der Waals surface area contributed by atoms with E-state index in [1.165, 1.54) is 20.1 Å². The van der Waals surface area contributed by atoms with E-state index in [2.05, 4.69) is 0 Å². The number of hydrogen-bond donors (Lipinski definition) is 0. The highest BCUT2D eigenvalue weighted by Gasteiger charge is 2.42. The van der Waals surface area contributed by atoms with Crippen LogP contribution in [0.5, 0.6) is 5.75 Å². The molecule has 0 unspecified atom stereocenters. The Labute approximate surface area is 241 Å². The van der Waals surface area contributed by atoms with Crippen molar-refractivity contribution in [3.05, 3.63) is 87.7 Å². The van der Waals surface area contributed by atoms with E-state index in [4.69, 9.17) is 9.47 Å². The van der Waals surface area contributed by atoms with Gasteiger partial charge in [-0.2, -0.15) is 26.3 Å². The highest BCUT2D eigenvalue weighted by atomic mass is 19.4. The molecule has 3 aromatic rings. The summed E-state index contributed by atoms with van der Waals surface area (Å²) in [7, 11) is 1.25. The molecule has 0 N–H and O–H groups in total. The largest absolute Gasteiger partial charge is 0.496 e. The number of carbonyl (C=O) groups is 1. The van der Waals surface area contributed by atoms with Crippen LogP contribution >= 0.6 is 0 Å². The summed E-state index contributed by atoms with van der Waals surface area (Å²) < 4.78 is 134. The zero-order valence-corrected chi connectivity index (χ0v) is 23.2. The second kappa shape index (κ2) is 11.6. The first-order valence-corrected chi connectivity index (χ1v) is 13.0. The van der Waals surface area contributed by atoms with Crippen molar-refractivity contribution in [2.75, 3.05) is 7.11 Å². The number of halogens is 9. The highest BCUT2D eigenvalue weighted by molar-refractivity contribution is 5.76. The third-order valence-corrected chi connectivity index (χ3v) is 7.28. The third-order valence-electron chi connectivity index (χ3n) is 7.28. The second-order valence-electron chi connectivity index (χ2n) is 10.5. The molecule has 0 aromatic heterocycles. The average Bonchev–Trinajstić information content (AvgIpc) is 3.19. The monoisotopic (exact) mass is 619 g/mol. The maximum Gasteiger partial charge on any atom is 0.416 e. The van der Waals surface area contributed by atoms with Crippen molar-refractivity contribution in [1.82, 2.24) is 4.90 Å². The molecular formula is C30H26F9NO3. The Morgan fingerprint density at radius 2 is 1.56 bits per heavy atom. The van der Waals surface area contributed by atoms with Gasteiger partial charge in [0.05, 0.1) is 30.8 Å². The smallest absolute Gasteiger partial charge is 0.416 e. The number of benzene rings is 3. The molecule has 1 heterocycles. The van der Waals surface area contributed by atoms with Gasteiger partial charge in [0, 0.05) is 17.2 Å². The molecule has 0 saturated carbocycles. The molecule has 2 atom stereocenters. The Morgan fingerprint density at radius 1 is 0.907 bits per heavy atom. The lowest BCUT2D eigenvalue weighted by molar-refractivity contribution is -0.138. The van der Waals surface area contributed by atoms with Crippen LogP contribution in [0.3, 0.4) is 0 Å². The minimum atomic E-state index is -4.97. The molecule has 0 spiro atoms. The molecule has 13 heteroatoms. The van der Waals surface area contributed by atoms with Crippen LogP contribution in [0.2, 0.25) is 0 Å². The second-order valence-corrected chi connectivity index (χ2v) is 10.5. The fraction of sp³-hybridized carbons (Fsp3) is 0.367. The highest BCUT2D eigenvalue weighted by Crippen LogP contribution is 2.42. The molecule has 0 aliphatic carbocycles. The summed E-state index contributed by atoms with van der Waals surface area (Å²) in [5, 5.41) is 0. The van der Waals surface area contributed by atoms with Crippen molar-refractivity contribution in [3.8, 4) is 16.9 Å². The molecule has 0 bridgehead atoms. The van der Waals surface area contributed by atoms with Gasteiger partial charge >= 0.3 is 18.4 Å². The van der Waals surface area contributed by atoms with E-state index in [9.17, 15) is 44.3 Å². The van der Waals surface area contributed by atoms with E-state index in [1.54, 1.807) is 13.8 Å². The third kappa shape index (κ3) is 6.54. The number of alkyl halides is 8. The van der Waals surface area contributed by atoms with E-state index in [0.29, 0.717) is 12.1 Å². The van der Waals surface area contributed by atoms with Gasteiger partial charge in [0.15, 0.2) is 0 Å². The number of nitrogens with zero attached hydrogens (tertiary/aromatic N) is 1. The number of methoxy groups -OCH3 is 1. The quantitative estimate of drug-likeness (QED) is 0.247. The Kier molecular flexibility index (Phi) is 8.67. The van der Waals surface area contributed by atoms with Gasteiger partial charge in [0.2, 0.25) is 0 Å². The normalized spacial score (nSPS) is 17.7. The van der Waals surface area contributed by atoms with Crippen LogP contribution in [-0.4, -0.2) is 24.1 Å². The number of rotatable bonds is 7. The SMILES string of the molecule is COc1cc(F)c(C(C)C)cc1-c1ccc(C(F)(F)F)cc1CN1C(=O)O[C@H](c2cc(C(F)F)cc(C(F)(F)F)c2)[C@@H]1C. The van der Waals surface area contributed by atoms with Gasteiger partial charge in [-0.3, -0.25) is 4.90 Å². The predicted octanol–water partition coefficient (Wildman–Crippen LogP) is 9.68. The number of ether oxygens (including phenoxy) is 2. The molecule has 43 heavy (non-hydrogen) atoms. The summed E-state index contributed by atoms with van der Waals surface area (Å²) in [4.78, 5) is 13.9. The van der Waals surface area contributed by atoms with E-state index in [-0.39, 0.29) is 39.5 Å². The number of cyclic esters (lactones) is 1. The molecule has 232 valence electrons. The maximum atomic E-state index is 14.7. The first kappa shape index (κ1) is 32.0. The Balaban J connectivity index is 1.80. The van der Waals surface area contributed by atoms with Crippen LogP contribution in [0.1, 0.15) is 72.6 Å². The van der Waals surface area contributed by atoms with Crippen molar-refractivity contribution < 1.29 is 53.8 Å². The Hall–Kier alpha value is -3.90. The van der Waals surface area contributed by atoms with Crippen molar-refractivity contribution in [2.24, 2.45) is 0 Å². The first-order valence-electron chi connectivity index (χ1n) is 13.0. The van der Waals surface area contributed by atoms with Crippen LogP contribution in [0.15, 0.2) is 48.5 Å². The molecule has 4 rings (SSSR count). The molecule has 3 aromatic carbocycles. The fourth-order valence-electron chi connectivity index (χ4n) is 5.03. The van der Waals surface area contributed by atoms with Gasteiger partial charge < -0.3 is 9.47 Å². The van der Waals surface area contributed by atoms with E-state index < -0.39 is 66.1 Å². The predicted molar refractivity (Wildman–Crippen MR) is 138 cm³/mol. The molecule has 1 fully saturated rings. The van der Waals surface area contributed by atoms with E-state index in [0.717, 1.165) is 35.2 Å². The van der Waals surface area contributed by atoms with E-state index in [1.807, 2.05) is 0 Å². The molecule has 1 amide bonds. The maximum absolute atomic E-state index is 14.7. The van der Waals surface area contributed by atoms with Crippen molar-refractivity contribution >= 4 is 6.09 Å². The zero-order chi connectivity index (χ0) is 32.0. The van der Waals surface area contributed by atoms with Crippen molar-refractivity contribution in [1.29, 1.82) is 0 Å². The lowest BCUT2D eigenvalue weighted by Crippen LogP contribution is -2.31. The van der Waals surface area contributed by atoms with Crippen molar-refractivity contribution in [2.45, 2.75) is 64.2 Å². The summed E-state index contributed by atoms with van der Waals surface area (Å²) in [5.41, 5.74) is -3.07. The van der Waals surface area contributed by atoms with Gasteiger partial charge in [-0.05, 0) is 71.5 Å².